The van der Waals surface area contributed by atoms with Crippen molar-refractivity contribution in [2.24, 2.45) is 17.8 Å². The van der Waals surface area contributed by atoms with Crippen LogP contribution in [0.1, 0.15) is 38.2 Å². The molecule has 2 bridgehead atoms. The Morgan fingerprint density at radius 2 is 1.76 bits per heavy atom. The zero-order valence-electron chi connectivity index (χ0n) is 23.7. The SMILES string of the molecule is COc1cccc(CN2C(=O)[C@H]3[C@H](C(=O)Nc4cccc(OC)c4)[C@H]4C=C[C@@]3(O4)[C@@H]2C(=O)N[C@@H]2CCCC[C@H]2C)c1. The summed E-state index contributed by atoms with van der Waals surface area (Å²) in [5, 5.41) is 6.22. The standard InChI is InChI=1S/C32H37N3O6/c1-19-8-4-5-13-24(19)34-30(37)28-32-15-14-25(41-32)26(29(36)33-21-10-7-12-23(17-21)40-3)27(32)31(38)35(28)18-20-9-6-11-22(16-20)39-2/h6-7,9-12,14-17,19,24-28H,4-5,8,13,18H2,1-3H3,(H,33,36)(H,34,37)/t19-,24-,25-,26-,27-,28+,32+/m1/s1. The number of ether oxygens (including phenoxy) is 3. The predicted molar refractivity (Wildman–Crippen MR) is 152 cm³/mol. The van der Waals surface area contributed by atoms with E-state index in [9.17, 15) is 14.4 Å². The monoisotopic (exact) mass is 559 g/mol. The molecule has 2 aromatic rings. The number of nitrogens with zero attached hydrogens (tertiary/aromatic N) is 1. The normalized spacial score (nSPS) is 31.6. The second-order valence-corrected chi connectivity index (χ2v) is 11.6. The number of carbonyl (C=O) groups excluding carboxylic acids is 3. The van der Waals surface area contributed by atoms with Gasteiger partial charge in [-0.3, -0.25) is 14.4 Å². The van der Waals surface area contributed by atoms with E-state index in [2.05, 4.69) is 17.6 Å². The van der Waals surface area contributed by atoms with Gasteiger partial charge in [0.15, 0.2) is 0 Å². The third-order valence-corrected chi connectivity index (χ3v) is 9.19. The van der Waals surface area contributed by atoms with Crippen LogP contribution in [0.15, 0.2) is 60.7 Å². The molecule has 7 atom stereocenters. The smallest absolute Gasteiger partial charge is 0.246 e. The average Bonchev–Trinajstić information content (AvgIpc) is 3.62. The topological polar surface area (TPSA) is 106 Å². The molecule has 2 N–H and O–H groups in total. The van der Waals surface area contributed by atoms with Gasteiger partial charge in [-0.1, -0.05) is 50.1 Å². The Bertz CT molecular complexity index is 1380. The maximum Gasteiger partial charge on any atom is 0.246 e. The fourth-order valence-electron chi connectivity index (χ4n) is 7.12. The lowest BCUT2D eigenvalue weighted by molar-refractivity contribution is -0.142. The van der Waals surface area contributed by atoms with E-state index in [1.165, 1.54) is 0 Å². The fraction of sp³-hybridized carbons (Fsp3) is 0.469. The molecular weight excluding hydrogens is 522 g/mol. The van der Waals surface area contributed by atoms with Crippen molar-refractivity contribution in [3.8, 4) is 11.5 Å². The van der Waals surface area contributed by atoms with Gasteiger partial charge in [0.2, 0.25) is 17.7 Å². The van der Waals surface area contributed by atoms with Crippen molar-refractivity contribution < 1.29 is 28.6 Å². The number of hydrogen-bond donors (Lipinski definition) is 2. The van der Waals surface area contributed by atoms with Crippen molar-refractivity contribution >= 4 is 23.4 Å². The molecule has 3 aliphatic heterocycles. The lowest BCUT2D eigenvalue weighted by atomic mass is 9.74. The van der Waals surface area contributed by atoms with Crippen LogP contribution >= 0.6 is 0 Å². The molecule has 3 fully saturated rings. The van der Waals surface area contributed by atoms with Crippen LogP contribution in [0.25, 0.3) is 0 Å². The van der Waals surface area contributed by atoms with E-state index in [0.717, 1.165) is 31.2 Å². The summed E-state index contributed by atoms with van der Waals surface area (Å²) in [7, 11) is 3.15. The van der Waals surface area contributed by atoms with Crippen LogP contribution in [0.3, 0.4) is 0 Å². The Morgan fingerprint density at radius 3 is 2.51 bits per heavy atom. The average molecular weight is 560 g/mol. The van der Waals surface area contributed by atoms with Crippen LogP contribution in [0.2, 0.25) is 0 Å². The van der Waals surface area contributed by atoms with Gasteiger partial charge in [0.1, 0.15) is 23.1 Å². The Hall–Kier alpha value is -3.85. The Kier molecular flexibility index (Phi) is 7.23. The van der Waals surface area contributed by atoms with Crippen LogP contribution in [-0.4, -0.2) is 60.6 Å². The summed E-state index contributed by atoms with van der Waals surface area (Å²) in [5.74, 6) is -0.801. The summed E-state index contributed by atoms with van der Waals surface area (Å²) < 4.78 is 17.2. The van der Waals surface area contributed by atoms with Crippen molar-refractivity contribution in [1.82, 2.24) is 10.2 Å². The van der Waals surface area contributed by atoms with Crippen molar-refractivity contribution in [3.63, 3.8) is 0 Å². The summed E-state index contributed by atoms with van der Waals surface area (Å²) >= 11 is 0. The highest BCUT2D eigenvalue weighted by Gasteiger charge is 2.72. The molecule has 9 heteroatoms. The molecule has 3 heterocycles. The summed E-state index contributed by atoms with van der Waals surface area (Å²) in [4.78, 5) is 43.7. The molecule has 6 rings (SSSR count). The Balaban J connectivity index is 1.33. The van der Waals surface area contributed by atoms with Gasteiger partial charge in [0.05, 0.1) is 32.2 Å². The maximum absolute atomic E-state index is 14.3. The molecule has 1 saturated carbocycles. The highest BCUT2D eigenvalue weighted by molar-refractivity contribution is 6.02. The predicted octanol–water partition coefficient (Wildman–Crippen LogP) is 3.69. The van der Waals surface area contributed by atoms with Crippen LogP contribution in [0.5, 0.6) is 11.5 Å². The van der Waals surface area contributed by atoms with E-state index < -0.39 is 29.6 Å². The van der Waals surface area contributed by atoms with Gasteiger partial charge in [0.25, 0.3) is 0 Å². The van der Waals surface area contributed by atoms with Gasteiger partial charge >= 0.3 is 0 Å². The zero-order chi connectivity index (χ0) is 28.7. The third kappa shape index (κ3) is 4.76. The van der Waals surface area contributed by atoms with E-state index in [0.29, 0.717) is 23.1 Å². The molecular formula is C32H37N3O6. The highest BCUT2D eigenvalue weighted by Crippen LogP contribution is 2.55. The largest absolute Gasteiger partial charge is 0.497 e. The number of methoxy groups -OCH3 is 2. The third-order valence-electron chi connectivity index (χ3n) is 9.19. The molecule has 1 aliphatic carbocycles. The van der Waals surface area contributed by atoms with Gasteiger partial charge in [-0.05, 0) is 48.6 Å². The Labute approximate surface area is 240 Å². The first-order valence-electron chi connectivity index (χ1n) is 14.4. The number of likely N-dealkylation sites (tertiary alicyclic amines) is 1. The van der Waals surface area contributed by atoms with Crippen LogP contribution < -0.4 is 20.1 Å². The fourth-order valence-corrected chi connectivity index (χ4v) is 7.12. The van der Waals surface area contributed by atoms with Gasteiger partial charge in [0, 0.05) is 24.3 Å². The van der Waals surface area contributed by atoms with E-state index in [1.807, 2.05) is 36.4 Å². The first kappa shape index (κ1) is 27.3. The van der Waals surface area contributed by atoms with Crippen molar-refractivity contribution in [1.29, 1.82) is 0 Å². The maximum atomic E-state index is 14.3. The van der Waals surface area contributed by atoms with Gasteiger partial charge < -0.3 is 29.7 Å². The summed E-state index contributed by atoms with van der Waals surface area (Å²) in [6.45, 7) is 2.36. The van der Waals surface area contributed by atoms with Gasteiger partial charge in [-0.15, -0.1) is 0 Å². The lowest BCUT2D eigenvalue weighted by Crippen LogP contribution is -2.57. The van der Waals surface area contributed by atoms with E-state index in [1.54, 1.807) is 43.4 Å². The minimum absolute atomic E-state index is 0.0372. The quantitative estimate of drug-likeness (QED) is 0.478. The molecule has 0 unspecified atom stereocenters. The second-order valence-electron chi connectivity index (χ2n) is 11.6. The summed E-state index contributed by atoms with van der Waals surface area (Å²) in [6, 6.07) is 13.7. The molecule has 4 aliphatic rings. The highest BCUT2D eigenvalue weighted by atomic mass is 16.5. The molecule has 0 radical (unpaired) electrons. The van der Waals surface area contributed by atoms with E-state index in [-0.39, 0.29) is 30.3 Å². The molecule has 41 heavy (non-hydrogen) atoms. The lowest BCUT2D eigenvalue weighted by Gasteiger charge is -2.36. The number of nitrogens with one attached hydrogen (secondary N) is 2. The summed E-state index contributed by atoms with van der Waals surface area (Å²) in [6.07, 6.45) is 7.25. The number of amides is 3. The molecule has 1 spiro atoms. The number of hydrogen-bond acceptors (Lipinski definition) is 6. The first-order valence-corrected chi connectivity index (χ1v) is 14.4. The molecule has 3 amide bonds. The Morgan fingerprint density at radius 1 is 1.02 bits per heavy atom. The number of benzene rings is 2. The van der Waals surface area contributed by atoms with Crippen LogP contribution in [0, 0.1) is 17.8 Å². The van der Waals surface area contributed by atoms with E-state index in [4.69, 9.17) is 14.2 Å². The van der Waals surface area contributed by atoms with Crippen molar-refractivity contribution in [2.75, 3.05) is 19.5 Å². The number of rotatable bonds is 8. The van der Waals surface area contributed by atoms with Crippen LogP contribution in [0.4, 0.5) is 5.69 Å². The molecule has 2 aromatic carbocycles. The van der Waals surface area contributed by atoms with Gasteiger partial charge in [-0.25, -0.2) is 0 Å². The minimum Gasteiger partial charge on any atom is -0.497 e. The minimum atomic E-state index is -1.22. The second kappa shape index (κ2) is 10.9. The molecule has 216 valence electrons. The van der Waals surface area contributed by atoms with Crippen molar-refractivity contribution in [2.45, 2.75) is 62.9 Å². The molecule has 9 nitrogen and oxygen atoms in total. The molecule has 0 aromatic heterocycles. The van der Waals surface area contributed by atoms with Crippen LogP contribution in [-0.2, 0) is 25.7 Å². The number of fused-ring (bicyclic) bond motifs is 1. The number of carbonyl (C=O) groups is 3. The summed E-state index contributed by atoms with van der Waals surface area (Å²) in [5.41, 5.74) is 0.169. The number of anilines is 1. The van der Waals surface area contributed by atoms with Crippen molar-refractivity contribution in [3.05, 3.63) is 66.2 Å². The van der Waals surface area contributed by atoms with Gasteiger partial charge in [-0.2, -0.15) is 0 Å². The zero-order valence-corrected chi connectivity index (χ0v) is 23.7. The first-order chi connectivity index (χ1) is 19.8. The van der Waals surface area contributed by atoms with E-state index >= 15 is 0 Å². The molecule has 2 saturated heterocycles.